The SMILES string of the molecule is O=C(OC1Cc2ccccc2Cc2ccccc21)c1ccc([N+](=O)[O-])cc1. The average molecular weight is 359 g/mol. The molecule has 1 atom stereocenters. The van der Waals surface area contributed by atoms with Crippen LogP contribution in [-0.4, -0.2) is 10.9 Å². The average Bonchev–Trinajstić information content (AvgIpc) is 2.84. The summed E-state index contributed by atoms with van der Waals surface area (Å²) in [5.74, 6) is -0.482. The first-order valence-corrected chi connectivity index (χ1v) is 8.72. The molecular formula is C22H17NO4. The van der Waals surface area contributed by atoms with Crippen LogP contribution in [-0.2, 0) is 17.6 Å². The summed E-state index contributed by atoms with van der Waals surface area (Å²) in [5, 5.41) is 10.8. The number of nitro groups is 1. The first kappa shape index (κ1) is 17.0. The maximum Gasteiger partial charge on any atom is 0.338 e. The summed E-state index contributed by atoms with van der Waals surface area (Å²) in [4.78, 5) is 22.9. The van der Waals surface area contributed by atoms with Gasteiger partial charge in [0, 0.05) is 18.6 Å². The van der Waals surface area contributed by atoms with Gasteiger partial charge < -0.3 is 4.74 Å². The summed E-state index contributed by atoms with van der Waals surface area (Å²) < 4.78 is 5.83. The molecular weight excluding hydrogens is 342 g/mol. The minimum absolute atomic E-state index is 0.0553. The highest BCUT2D eigenvalue weighted by molar-refractivity contribution is 5.89. The number of benzene rings is 3. The van der Waals surface area contributed by atoms with Crippen LogP contribution < -0.4 is 0 Å². The zero-order chi connectivity index (χ0) is 18.8. The van der Waals surface area contributed by atoms with Crippen molar-refractivity contribution in [3.63, 3.8) is 0 Å². The van der Waals surface area contributed by atoms with E-state index in [1.807, 2.05) is 30.3 Å². The lowest BCUT2D eigenvalue weighted by molar-refractivity contribution is -0.384. The maximum absolute atomic E-state index is 12.6. The van der Waals surface area contributed by atoms with Gasteiger partial charge in [0.15, 0.2) is 0 Å². The number of nitro benzene ring substituents is 1. The molecule has 0 radical (unpaired) electrons. The van der Waals surface area contributed by atoms with Crippen LogP contribution in [0.15, 0.2) is 72.8 Å². The van der Waals surface area contributed by atoms with Crippen molar-refractivity contribution >= 4 is 11.7 Å². The van der Waals surface area contributed by atoms with Crippen molar-refractivity contribution < 1.29 is 14.5 Å². The number of ether oxygens (including phenoxy) is 1. The van der Waals surface area contributed by atoms with Crippen molar-refractivity contribution in [3.05, 3.63) is 111 Å². The molecule has 1 aliphatic rings. The van der Waals surface area contributed by atoms with Crippen molar-refractivity contribution in [2.24, 2.45) is 0 Å². The van der Waals surface area contributed by atoms with Gasteiger partial charge in [0.05, 0.1) is 10.5 Å². The number of hydrogen-bond acceptors (Lipinski definition) is 4. The Kier molecular flexibility index (Phi) is 4.42. The molecule has 3 aromatic rings. The van der Waals surface area contributed by atoms with Crippen molar-refractivity contribution in [2.75, 3.05) is 0 Å². The molecule has 0 aromatic heterocycles. The highest BCUT2D eigenvalue weighted by Gasteiger charge is 2.25. The lowest BCUT2D eigenvalue weighted by Gasteiger charge is -2.19. The minimum atomic E-state index is -0.492. The van der Waals surface area contributed by atoms with Gasteiger partial charge in [-0.15, -0.1) is 0 Å². The van der Waals surface area contributed by atoms with Crippen LogP contribution in [0, 0.1) is 10.1 Å². The van der Waals surface area contributed by atoms with E-state index in [9.17, 15) is 14.9 Å². The third-order valence-electron chi connectivity index (χ3n) is 4.87. The highest BCUT2D eigenvalue weighted by atomic mass is 16.6. The second kappa shape index (κ2) is 7.03. The molecule has 27 heavy (non-hydrogen) atoms. The van der Waals surface area contributed by atoms with Crippen LogP contribution in [0.2, 0.25) is 0 Å². The number of carbonyl (C=O) groups excluding carboxylic acids is 1. The zero-order valence-corrected chi connectivity index (χ0v) is 14.5. The molecule has 1 unspecified atom stereocenters. The molecule has 0 saturated carbocycles. The van der Waals surface area contributed by atoms with E-state index in [4.69, 9.17) is 4.74 Å². The normalized spacial score (nSPS) is 15.2. The van der Waals surface area contributed by atoms with Crippen LogP contribution in [0.1, 0.15) is 38.7 Å². The van der Waals surface area contributed by atoms with Gasteiger partial charge in [-0.25, -0.2) is 4.79 Å². The minimum Gasteiger partial charge on any atom is -0.454 e. The van der Waals surface area contributed by atoms with Crippen molar-refractivity contribution in [1.82, 2.24) is 0 Å². The van der Waals surface area contributed by atoms with E-state index in [-0.39, 0.29) is 5.69 Å². The summed E-state index contributed by atoms with van der Waals surface area (Å²) in [5.41, 5.74) is 4.79. The van der Waals surface area contributed by atoms with Crippen LogP contribution in [0.3, 0.4) is 0 Å². The van der Waals surface area contributed by atoms with Gasteiger partial charge in [-0.3, -0.25) is 10.1 Å². The largest absolute Gasteiger partial charge is 0.454 e. The monoisotopic (exact) mass is 359 g/mol. The molecule has 0 fully saturated rings. The number of rotatable bonds is 3. The molecule has 5 nitrogen and oxygen atoms in total. The number of fused-ring (bicyclic) bond motifs is 2. The molecule has 0 amide bonds. The maximum atomic E-state index is 12.6. The molecule has 1 aliphatic carbocycles. The van der Waals surface area contributed by atoms with Gasteiger partial charge in [-0.2, -0.15) is 0 Å². The molecule has 5 heteroatoms. The molecule has 0 saturated heterocycles. The van der Waals surface area contributed by atoms with Crippen LogP contribution in [0.4, 0.5) is 5.69 Å². The second-order valence-electron chi connectivity index (χ2n) is 6.55. The summed E-state index contributed by atoms with van der Waals surface area (Å²) >= 11 is 0. The van der Waals surface area contributed by atoms with Crippen molar-refractivity contribution in [1.29, 1.82) is 0 Å². The molecule has 134 valence electrons. The first-order valence-electron chi connectivity index (χ1n) is 8.72. The van der Waals surface area contributed by atoms with Gasteiger partial charge in [0.2, 0.25) is 0 Å². The molecule has 3 aromatic carbocycles. The predicted octanol–water partition coefficient (Wildman–Crippen LogP) is 4.64. The third kappa shape index (κ3) is 3.44. The van der Waals surface area contributed by atoms with E-state index in [1.165, 1.54) is 29.8 Å². The lowest BCUT2D eigenvalue weighted by atomic mass is 10.00. The van der Waals surface area contributed by atoms with Crippen LogP contribution in [0.25, 0.3) is 0 Å². The summed E-state index contributed by atoms with van der Waals surface area (Å²) in [7, 11) is 0. The molecule has 4 rings (SSSR count). The lowest BCUT2D eigenvalue weighted by Crippen LogP contribution is -2.14. The Morgan fingerprint density at radius 2 is 1.52 bits per heavy atom. The molecule has 0 N–H and O–H groups in total. The van der Waals surface area contributed by atoms with Gasteiger partial charge in [-0.05, 0) is 40.8 Å². The smallest absolute Gasteiger partial charge is 0.338 e. The zero-order valence-electron chi connectivity index (χ0n) is 14.5. The van der Waals surface area contributed by atoms with Crippen LogP contribution >= 0.6 is 0 Å². The Labute approximate surface area is 156 Å². The quantitative estimate of drug-likeness (QED) is 0.388. The fourth-order valence-corrected chi connectivity index (χ4v) is 3.47. The van der Waals surface area contributed by atoms with Gasteiger partial charge in [0.25, 0.3) is 5.69 Å². The Morgan fingerprint density at radius 3 is 2.22 bits per heavy atom. The fourth-order valence-electron chi connectivity index (χ4n) is 3.47. The molecule has 0 bridgehead atoms. The van der Waals surface area contributed by atoms with E-state index < -0.39 is 17.0 Å². The number of non-ortho nitro benzene ring substituents is 1. The van der Waals surface area contributed by atoms with Crippen molar-refractivity contribution in [2.45, 2.75) is 18.9 Å². The van der Waals surface area contributed by atoms with Gasteiger partial charge >= 0.3 is 5.97 Å². The van der Waals surface area contributed by atoms with E-state index in [2.05, 4.69) is 18.2 Å². The first-order chi connectivity index (χ1) is 13.1. The van der Waals surface area contributed by atoms with E-state index in [1.54, 1.807) is 0 Å². The Bertz CT molecular complexity index is 1010. The van der Waals surface area contributed by atoms with E-state index in [0.29, 0.717) is 12.0 Å². The molecule has 0 spiro atoms. The fraction of sp³-hybridized carbons (Fsp3) is 0.136. The van der Waals surface area contributed by atoms with Crippen LogP contribution in [0.5, 0.6) is 0 Å². The summed E-state index contributed by atoms with van der Waals surface area (Å²) in [6, 6.07) is 21.6. The highest BCUT2D eigenvalue weighted by Crippen LogP contribution is 2.33. The number of hydrogen-bond donors (Lipinski definition) is 0. The third-order valence-corrected chi connectivity index (χ3v) is 4.87. The Balaban J connectivity index is 1.64. The summed E-state index contributed by atoms with van der Waals surface area (Å²) in [6.07, 6.45) is 1.01. The van der Waals surface area contributed by atoms with E-state index >= 15 is 0 Å². The number of nitrogens with zero attached hydrogens (tertiary/aromatic N) is 1. The Morgan fingerprint density at radius 1 is 0.889 bits per heavy atom. The molecule has 0 aliphatic heterocycles. The summed E-state index contributed by atoms with van der Waals surface area (Å²) in [6.45, 7) is 0. The van der Waals surface area contributed by atoms with Crippen molar-refractivity contribution in [3.8, 4) is 0 Å². The predicted molar refractivity (Wildman–Crippen MR) is 101 cm³/mol. The number of carbonyl (C=O) groups is 1. The second-order valence-corrected chi connectivity index (χ2v) is 6.55. The Hall–Kier alpha value is -3.47. The van der Waals surface area contributed by atoms with Gasteiger partial charge in [-0.1, -0.05) is 48.5 Å². The van der Waals surface area contributed by atoms with Gasteiger partial charge in [0.1, 0.15) is 6.10 Å². The molecule has 0 heterocycles. The van der Waals surface area contributed by atoms with E-state index in [0.717, 1.165) is 23.1 Å². The number of esters is 1. The standard InChI is InChI=1S/C22H17NO4/c24-22(15-9-11-19(12-10-15)23(25)26)27-21-14-17-6-2-1-5-16(17)13-18-7-3-4-8-20(18)21/h1-12,21H,13-14H2. The topological polar surface area (TPSA) is 69.4 Å².